The normalized spacial score (nSPS) is 13.1. The Morgan fingerprint density at radius 3 is 2.77 bits per heavy atom. The fourth-order valence-electron chi connectivity index (χ4n) is 1.18. The first-order chi connectivity index (χ1) is 6.29. The van der Waals surface area contributed by atoms with Gasteiger partial charge in [0.15, 0.2) is 0 Å². The summed E-state index contributed by atoms with van der Waals surface area (Å²) in [6, 6.07) is 1.95. The number of hydrogen-bond acceptors (Lipinski definition) is 4. The summed E-state index contributed by atoms with van der Waals surface area (Å²) in [4.78, 5) is 5.24. The molecule has 0 aliphatic heterocycles. The van der Waals surface area contributed by atoms with Crippen LogP contribution in [0.4, 0.5) is 0 Å². The van der Waals surface area contributed by atoms with Crippen molar-refractivity contribution in [2.24, 2.45) is 0 Å². The van der Waals surface area contributed by atoms with Gasteiger partial charge in [-0.15, -0.1) is 22.7 Å². The minimum Gasteiger partial charge on any atom is -0.381 e. The number of thiazole rings is 1. The summed E-state index contributed by atoms with van der Waals surface area (Å²) < 4.78 is 0. The third kappa shape index (κ3) is 1.65. The van der Waals surface area contributed by atoms with Crippen LogP contribution in [0, 0.1) is 6.92 Å². The van der Waals surface area contributed by atoms with E-state index in [4.69, 9.17) is 0 Å². The average Bonchev–Trinajstić information content (AvgIpc) is 2.72. The molecule has 4 heteroatoms. The van der Waals surface area contributed by atoms with Crippen molar-refractivity contribution in [1.82, 2.24) is 4.98 Å². The highest BCUT2D eigenvalue weighted by Gasteiger charge is 2.15. The first-order valence-corrected chi connectivity index (χ1v) is 5.66. The van der Waals surface area contributed by atoms with Crippen LogP contribution in [0.5, 0.6) is 0 Å². The summed E-state index contributed by atoms with van der Waals surface area (Å²) in [5, 5.41) is 14.5. The van der Waals surface area contributed by atoms with Crippen molar-refractivity contribution in [3.05, 3.63) is 38.5 Å². The second-order valence-electron chi connectivity index (χ2n) is 2.71. The molecular weight excluding hydrogens is 202 g/mol. The molecule has 0 saturated heterocycles. The lowest BCUT2D eigenvalue weighted by atomic mass is 10.1. The largest absolute Gasteiger partial charge is 0.381 e. The van der Waals surface area contributed by atoms with Gasteiger partial charge in [0.1, 0.15) is 11.1 Å². The molecule has 0 fully saturated rings. The van der Waals surface area contributed by atoms with Crippen LogP contribution in [0.25, 0.3) is 0 Å². The van der Waals surface area contributed by atoms with Gasteiger partial charge in [-0.3, -0.25) is 0 Å². The van der Waals surface area contributed by atoms with E-state index in [1.165, 1.54) is 11.3 Å². The molecule has 1 atom stereocenters. The Balaban J connectivity index is 2.33. The number of thiophene rings is 1. The molecule has 2 heterocycles. The van der Waals surface area contributed by atoms with E-state index >= 15 is 0 Å². The number of aliphatic hydroxyl groups is 1. The Hall–Kier alpha value is -0.710. The van der Waals surface area contributed by atoms with Crippen molar-refractivity contribution >= 4 is 22.7 Å². The van der Waals surface area contributed by atoms with Crippen molar-refractivity contribution < 1.29 is 5.11 Å². The minimum atomic E-state index is -0.550. The molecule has 2 aromatic heterocycles. The summed E-state index contributed by atoms with van der Waals surface area (Å²) in [7, 11) is 0. The molecule has 68 valence electrons. The fourth-order valence-corrected chi connectivity index (χ4v) is 2.55. The Kier molecular flexibility index (Phi) is 2.44. The van der Waals surface area contributed by atoms with Crippen LogP contribution in [0.1, 0.15) is 21.6 Å². The van der Waals surface area contributed by atoms with E-state index in [1.54, 1.807) is 17.5 Å². The summed E-state index contributed by atoms with van der Waals surface area (Å²) >= 11 is 3.13. The zero-order valence-corrected chi connectivity index (χ0v) is 8.73. The zero-order chi connectivity index (χ0) is 9.26. The maximum Gasteiger partial charge on any atom is 0.132 e. The maximum atomic E-state index is 9.91. The lowest BCUT2D eigenvalue weighted by Gasteiger charge is -2.05. The molecule has 1 unspecified atom stereocenters. The molecule has 0 aliphatic rings. The molecule has 2 aromatic rings. The molecule has 0 saturated carbocycles. The van der Waals surface area contributed by atoms with Crippen LogP contribution in [0.2, 0.25) is 0 Å². The smallest absolute Gasteiger partial charge is 0.132 e. The average molecular weight is 211 g/mol. The Morgan fingerprint density at radius 1 is 1.38 bits per heavy atom. The molecule has 0 amide bonds. The van der Waals surface area contributed by atoms with Crippen LogP contribution >= 0.6 is 22.7 Å². The van der Waals surface area contributed by atoms with E-state index < -0.39 is 6.10 Å². The molecule has 0 aliphatic carbocycles. The molecule has 0 radical (unpaired) electrons. The molecule has 2 nitrogen and oxygen atoms in total. The predicted octanol–water partition coefficient (Wildman–Crippen LogP) is 2.59. The summed E-state index contributed by atoms with van der Waals surface area (Å²) in [6.07, 6.45) is 1.16. The molecule has 1 N–H and O–H groups in total. The van der Waals surface area contributed by atoms with Gasteiger partial charge in [-0.1, -0.05) is 0 Å². The van der Waals surface area contributed by atoms with Gasteiger partial charge < -0.3 is 5.11 Å². The van der Waals surface area contributed by atoms with E-state index in [1.807, 2.05) is 23.8 Å². The van der Waals surface area contributed by atoms with Crippen molar-refractivity contribution in [2.45, 2.75) is 13.0 Å². The lowest BCUT2D eigenvalue weighted by molar-refractivity contribution is 0.219. The standard InChI is InChI=1S/C9H9NOS2/c1-6-7(2-4-12-6)8(11)9-10-3-5-13-9/h2-5,8,11H,1H3. The van der Waals surface area contributed by atoms with Gasteiger partial charge in [-0.2, -0.15) is 0 Å². The van der Waals surface area contributed by atoms with Gasteiger partial charge in [0, 0.05) is 22.0 Å². The van der Waals surface area contributed by atoms with Gasteiger partial charge in [0.2, 0.25) is 0 Å². The second-order valence-corrected chi connectivity index (χ2v) is 4.75. The van der Waals surface area contributed by atoms with Crippen molar-refractivity contribution in [3.63, 3.8) is 0 Å². The third-order valence-corrected chi connectivity index (χ3v) is 3.57. The van der Waals surface area contributed by atoms with Crippen LogP contribution in [0.3, 0.4) is 0 Å². The van der Waals surface area contributed by atoms with Crippen LogP contribution in [0.15, 0.2) is 23.0 Å². The first kappa shape index (κ1) is 8.87. The third-order valence-electron chi connectivity index (χ3n) is 1.88. The predicted molar refractivity (Wildman–Crippen MR) is 55.2 cm³/mol. The maximum absolute atomic E-state index is 9.91. The Labute approximate surface area is 84.5 Å². The highest BCUT2D eigenvalue weighted by Crippen LogP contribution is 2.28. The van der Waals surface area contributed by atoms with Crippen molar-refractivity contribution in [2.75, 3.05) is 0 Å². The van der Waals surface area contributed by atoms with Gasteiger partial charge in [0.05, 0.1) is 0 Å². The number of aryl methyl sites for hydroxylation is 1. The van der Waals surface area contributed by atoms with Gasteiger partial charge in [-0.25, -0.2) is 4.98 Å². The number of hydrogen-bond donors (Lipinski definition) is 1. The van der Waals surface area contributed by atoms with E-state index in [-0.39, 0.29) is 0 Å². The molecule has 2 rings (SSSR count). The highest BCUT2D eigenvalue weighted by molar-refractivity contribution is 7.10. The molecular formula is C9H9NOS2. The van der Waals surface area contributed by atoms with E-state index in [0.29, 0.717) is 0 Å². The number of aromatic nitrogens is 1. The fraction of sp³-hybridized carbons (Fsp3) is 0.222. The zero-order valence-electron chi connectivity index (χ0n) is 7.10. The number of rotatable bonds is 2. The first-order valence-electron chi connectivity index (χ1n) is 3.90. The van der Waals surface area contributed by atoms with Crippen molar-refractivity contribution in [1.29, 1.82) is 0 Å². The Morgan fingerprint density at radius 2 is 2.23 bits per heavy atom. The lowest BCUT2D eigenvalue weighted by Crippen LogP contribution is -1.98. The van der Waals surface area contributed by atoms with Crippen molar-refractivity contribution in [3.8, 4) is 0 Å². The SMILES string of the molecule is Cc1sccc1C(O)c1nccs1. The summed E-state index contributed by atoms with van der Waals surface area (Å²) in [5.41, 5.74) is 0.972. The molecule has 13 heavy (non-hydrogen) atoms. The number of aliphatic hydroxyl groups excluding tert-OH is 1. The van der Waals surface area contributed by atoms with Gasteiger partial charge >= 0.3 is 0 Å². The molecule has 0 bridgehead atoms. The van der Waals surface area contributed by atoms with Gasteiger partial charge in [0.25, 0.3) is 0 Å². The minimum absolute atomic E-state index is 0.550. The molecule has 0 spiro atoms. The topological polar surface area (TPSA) is 33.1 Å². The quantitative estimate of drug-likeness (QED) is 0.828. The van der Waals surface area contributed by atoms with Crippen LogP contribution in [-0.4, -0.2) is 10.1 Å². The van der Waals surface area contributed by atoms with E-state index in [2.05, 4.69) is 4.98 Å². The molecule has 0 aromatic carbocycles. The van der Waals surface area contributed by atoms with E-state index in [0.717, 1.165) is 15.4 Å². The van der Waals surface area contributed by atoms with E-state index in [9.17, 15) is 5.11 Å². The monoisotopic (exact) mass is 211 g/mol. The van der Waals surface area contributed by atoms with Crippen LogP contribution < -0.4 is 0 Å². The second kappa shape index (κ2) is 3.57. The van der Waals surface area contributed by atoms with Crippen LogP contribution in [-0.2, 0) is 0 Å². The highest BCUT2D eigenvalue weighted by atomic mass is 32.1. The number of nitrogens with zero attached hydrogens (tertiary/aromatic N) is 1. The Bertz CT molecular complexity index is 380. The summed E-state index contributed by atoms with van der Waals surface area (Å²) in [6.45, 7) is 2.01. The summed E-state index contributed by atoms with van der Waals surface area (Å²) in [5.74, 6) is 0. The van der Waals surface area contributed by atoms with Gasteiger partial charge in [-0.05, 0) is 18.4 Å².